The number of carbonyl (C=O) groups is 2. The molecule has 1 aromatic carbocycles. The highest BCUT2D eigenvalue weighted by molar-refractivity contribution is 6.05. The van der Waals surface area contributed by atoms with Gasteiger partial charge in [-0.3, -0.25) is 14.6 Å². The van der Waals surface area contributed by atoms with Crippen molar-refractivity contribution < 1.29 is 9.59 Å². The minimum atomic E-state index is -0.195. The molecular weight excluding hydrogens is 504 g/mol. The molecule has 2 amide bonds. The summed E-state index contributed by atoms with van der Waals surface area (Å²) in [5, 5.41) is 7.18. The SMILES string of the molecule is Cc1ccc(C(=O)Nc2ccc(-n3ccnc3)cc2)c(C2CCN(C(=O)c3ccc(-n4cccn4)nc3)CC2)n1. The molecule has 200 valence electrons. The van der Waals surface area contributed by atoms with Gasteiger partial charge in [0.2, 0.25) is 0 Å². The van der Waals surface area contributed by atoms with Crippen LogP contribution in [0.4, 0.5) is 5.69 Å². The predicted molar refractivity (Wildman–Crippen MR) is 150 cm³/mol. The Kier molecular flexibility index (Phi) is 6.88. The van der Waals surface area contributed by atoms with E-state index in [-0.39, 0.29) is 17.7 Å². The van der Waals surface area contributed by atoms with Gasteiger partial charge in [0, 0.05) is 67.1 Å². The number of nitrogens with one attached hydrogen (secondary N) is 1. The van der Waals surface area contributed by atoms with Crippen LogP contribution in [0.3, 0.4) is 0 Å². The largest absolute Gasteiger partial charge is 0.339 e. The van der Waals surface area contributed by atoms with Crippen LogP contribution in [-0.4, -0.2) is 59.1 Å². The Labute approximate surface area is 231 Å². The van der Waals surface area contributed by atoms with Gasteiger partial charge in [-0.2, -0.15) is 5.10 Å². The van der Waals surface area contributed by atoms with Gasteiger partial charge in [0.05, 0.1) is 23.1 Å². The Morgan fingerprint density at radius 1 is 0.950 bits per heavy atom. The quantitative estimate of drug-likeness (QED) is 0.346. The van der Waals surface area contributed by atoms with Crippen molar-refractivity contribution >= 4 is 17.5 Å². The number of aryl methyl sites for hydroxylation is 1. The second kappa shape index (κ2) is 10.9. The first-order chi connectivity index (χ1) is 19.5. The number of pyridine rings is 2. The number of amides is 2. The molecule has 1 aliphatic heterocycles. The smallest absolute Gasteiger partial charge is 0.257 e. The average molecular weight is 533 g/mol. The minimum absolute atomic E-state index is 0.0488. The fourth-order valence-electron chi connectivity index (χ4n) is 5.00. The van der Waals surface area contributed by atoms with Gasteiger partial charge >= 0.3 is 0 Å². The van der Waals surface area contributed by atoms with E-state index >= 15 is 0 Å². The number of imidazole rings is 1. The third kappa shape index (κ3) is 5.24. The summed E-state index contributed by atoms with van der Waals surface area (Å²) in [6.07, 6.45) is 11.8. The van der Waals surface area contributed by atoms with Crippen LogP contribution in [0.25, 0.3) is 11.5 Å². The van der Waals surface area contributed by atoms with Gasteiger partial charge in [-0.05, 0) is 74.4 Å². The molecule has 4 aromatic heterocycles. The maximum absolute atomic E-state index is 13.3. The van der Waals surface area contributed by atoms with Crippen LogP contribution in [0.2, 0.25) is 0 Å². The van der Waals surface area contributed by atoms with Gasteiger partial charge < -0.3 is 14.8 Å². The maximum Gasteiger partial charge on any atom is 0.257 e. The van der Waals surface area contributed by atoms with E-state index in [1.807, 2.05) is 65.1 Å². The normalized spacial score (nSPS) is 13.8. The lowest BCUT2D eigenvalue weighted by Gasteiger charge is -2.32. The summed E-state index contributed by atoms with van der Waals surface area (Å²) < 4.78 is 3.55. The highest BCUT2D eigenvalue weighted by atomic mass is 16.2. The summed E-state index contributed by atoms with van der Waals surface area (Å²) in [4.78, 5) is 41.6. The number of rotatable bonds is 6. The molecule has 0 unspecified atom stereocenters. The first kappa shape index (κ1) is 25.2. The standard InChI is InChI=1S/C30H28N8O2/c1-21-3-9-26(29(39)35-24-5-7-25(8-6-24)37-18-14-31-20-37)28(34-21)22-11-16-36(17-12-22)30(40)23-4-10-27(32-19-23)38-15-2-13-33-38/h2-10,13-15,18-20,22H,11-12,16-17H2,1H3,(H,35,39). The fraction of sp³-hybridized carbons (Fsp3) is 0.200. The fourth-order valence-corrected chi connectivity index (χ4v) is 5.00. The second-order valence-electron chi connectivity index (χ2n) is 9.78. The topological polar surface area (TPSA) is 111 Å². The molecule has 40 heavy (non-hydrogen) atoms. The molecule has 1 saturated heterocycles. The number of likely N-dealkylation sites (tertiary alicyclic amines) is 1. The monoisotopic (exact) mass is 532 g/mol. The molecule has 0 spiro atoms. The van der Waals surface area contributed by atoms with E-state index in [0.717, 1.165) is 29.9 Å². The van der Waals surface area contributed by atoms with Crippen LogP contribution in [0, 0.1) is 6.92 Å². The molecule has 5 aromatic rings. The van der Waals surface area contributed by atoms with Crippen LogP contribution in [0.15, 0.2) is 91.9 Å². The summed E-state index contributed by atoms with van der Waals surface area (Å²) in [5.41, 5.74) is 4.41. The maximum atomic E-state index is 13.3. The summed E-state index contributed by atoms with van der Waals surface area (Å²) >= 11 is 0. The number of nitrogens with zero attached hydrogens (tertiary/aromatic N) is 7. The van der Waals surface area contributed by atoms with Crippen LogP contribution in [0.5, 0.6) is 0 Å². The zero-order valence-corrected chi connectivity index (χ0v) is 22.0. The third-order valence-electron chi connectivity index (χ3n) is 7.14. The number of benzene rings is 1. The Morgan fingerprint density at radius 3 is 2.45 bits per heavy atom. The molecule has 10 heteroatoms. The number of aromatic nitrogens is 6. The molecule has 0 aliphatic carbocycles. The highest BCUT2D eigenvalue weighted by Gasteiger charge is 2.28. The molecule has 10 nitrogen and oxygen atoms in total. The zero-order valence-electron chi connectivity index (χ0n) is 22.0. The van der Waals surface area contributed by atoms with Crippen molar-refractivity contribution in [1.82, 2.24) is 34.2 Å². The van der Waals surface area contributed by atoms with E-state index in [2.05, 4.69) is 20.4 Å². The van der Waals surface area contributed by atoms with Crippen molar-refractivity contribution in [1.29, 1.82) is 0 Å². The second-order valence-corrected chi connectivity index (χ2v) is 9.78. The number of anilines is 1. The summed E-state index contributed by atoms with van der Waals surface area (Å²) in [5.74, 6) is 0.492. The van der Waals surface area contributed by atoms with E-state index in [1.54, 1.807) is 47.9 Å². The molecule has 5 heterocycles. The third-order valence-corrected chi connectivity index (χ3v) is 7.14. The number of carbonyl (C=O) groups excluding carboxylic acids is 2. The van der Waals surface area contributed by atoms with Gasteiger partial charge in [0.1, 0.15) is 0 Å². The van der Waals surface area contributed by atoms with E-state index in [4.69, 9.17) is 4.98 Å². The molecule has 0 saturated carbocycles. The van der Waals surface area contributed by atoms with Gasteiger partial charge in [-0.25, -0.2) is 14.6 Å². The van der Waals surface area contributed by atoms with Crippen molar-refractivity contribution in [3.63, 3.8) is 0 Å². The Hall–Kier alpha value is -5.12. The molecule has 1 aliphatic rings. The van der Waals surface area contributed by atoms with Crippen molar-refractivity contribution in [3.8, 4) is 11.5 Å². The number of piperidine rings is 1. The van der Waals surface area contributed by atoms with Crippen molar-refractivity contribution in [2.45, 2.75) is 25.7 Å². The Morgan fingerprint density at radius 2 is 1.77 bits per heavy atom. The lowest BCUT2D eigenvalue weighted by molar-refractivity contribution is 0.0710. The Bertz CT molecular complexity index is 1600. The van der Waals surface area contributed by atoms with Gasteiger partial charge in [-0.15, -0.1) is 0 Å². The first-order valence-electron chi connectivity index (χ1n) is 13.2. The van der Waals surface area contributed by atoms with E-state index in [1.165, 1.54) is 0 Å². The average Bonchev–Trinajstić information content (AvgIpc) is 3.73. The van der Waals surface area contributed by atoms with Crippen LogP contribution in [-0.2, 0) is 0 Å². The van der Waals surface area contributed by atoms with Crippen LogP contribution in [0.1, 0.15) is 50.9 Å². The summed E-state index contributed by atoms with van der Waals surface area (Å²) in [6.45, 7) is 3.09. The minimum Gasteiger partial charge on any atom is -0.339 e. The molecular formula is C30H28N8O2. The van der Waals surface area contributed by atoms with E-state index < -0.39 is 0 Å². The molecule has 0 bridgehead atoms. The molecule has 1 N–H and O–H groups in total. The molecule has 0 radical (unpaired) electrons. The number of hydrogen-bond acceptors (Lipinski definition) is 6. The lowest BCUT2D eigenvalue weighted by Crippen LogP contribution is -2.38. The number of hydrogen-bond donors (Lipinski definition) is 1. The van der Waals surface area contributed by atoms with E-state index in [0.29, 0.717) is 35.7 Å². The predicted octanol–water partition coefficient (Wildman–Crippen LogP) is 4.43. The van der Waals surface area contributed by atoms with Gasteiger partial charge in [0.25, 0.3) is 11.8 Å². The van der Waals surface area contributed by atoms with Crippen molar-refractivity contribution in [2.75, 3.05) is 18.4 Å². The zero-order chi connectivity index (χ0) is 27.5. The van der Waals surface area contributed by atoms with Gasteiger partial charge in [-0.1, -0.05) is 0 Å². The van der Waals surface area contributed by atoms with Crippen molar-refractivity contribution in [2.24, 2.45) is 0 Å². The van der Waals surface area contributed by atoms with Crippen LogP contribution < -0.4 is 5.32 Å². The lowest BCUT2D eigenvalue weighted by atomic mass is 9.89. The van der Waals surface area contributed by atoms with Crippen LogP contribution >= 0.6 is 0 Å². The molecule has 6 rings (SSSR count). The molecule has 0 atom stereocenters. The Balaban J connectivity index is 1.12. The molecule has 1 fully saturated rings. The summed E-state index contributed by atoms with van der Waals surface area (Å²) in [6, 6.07) is 16.7. The van der Waals surface area contributed by atoms with E-state index in [9.17, 15) is 9.59 Å². The van der Waals surface area contributed by atoms with Crippen molar-refractivity contribution in [3.05, 3.63) is 114 Å². The first-order valence-corrected chi connectivity index (χ1v) is 13.2. The highest BCUT2D eigenvalue weighted by Crippen LogP contribution is 2.30. The van der Waals surface area contributed by atoms with Gasteiger partial charge in [0.15, 0.2) is 5.82 Å². The summed E-state index contributed by atoms with van der Waals surface area (Å²) in [7, 11) is 0.